The van der Waals surface area contributed by atoms with Crippen molar-refractivity contribution in [3.8, 4) is 5.75 Å². The summed E-state index contributed by atoms with van der Waals surface area (Å²) in [5.74, 6) is -1.06. The van der Waals surface area contributed by atoms with Crippen LogP contribution in [0, 0.1) is 0 Å². The minimum atomic E-state index is -0.850. The zero-order valence-electron chi connectivity index (χ0n) is 14.3. The van der Waals surface area contributed by atoms with E-state index >= 15 is 0 Å². The Hall–Kier alpha value is -3.45. The van der Waals surface area contributed by atoms with E-state index in [0.717, 1.165) is 4.90 Å². The predicted molar refractivity (Wildman–Crippen MR) is 107 cm³/mol. The fourth-order valence-corrected chi connectivity index (χ4v) is 3.76. The van der Waals surface area contributed by atoms with E-state index in [-0.39, 0.29) is 45.3 Å². The number of nitrogens with two attached hydrogens (primary N) is 1. The molecular weight excluding hydrogens is 424 g/mol. The number of carbonyl (C=O) groups is 3. The number of hydrogen-bond donors (Lipinski definition) is 2. The van der Waals surface area contributed by atoms with E-state index in [1.165, 1.54) is 12.1 Å². The molecule has 4 rings (SSSR count). The van der Waals surface area contributed by atoms with Gasteiger partial charge in [-0.15, -0.1) is 0 Å². The molecule has 0 heterocycles. The summed E-state index contributed by atoms with van der Waals surface area (Å²) in [5, 5.41) is 10.6. The summed E-state index contributed by atoms with van der Waals surface area (Å²) in [6.07, 6.45) is 0. The number of primary amides is 1. The number of rotatable bonds is 2. The van der Waals surface area contributed by atoms with E-state index in [1.54, 1.807) is 48.5 Å². The number of halogens is 1. The minimum absolute atomic E-state index is 0.0127. The smallest absolute Gasteiger partial charge is 0.324 e. The molecule has 0 spiro atoms. The molecule has 2 amide bonds. The van der Waals surface area contributed by atoms with Gasteiger partial charge in [0.2, 0.25) is 0 Å². The van der Waals surface area contributed by atoms with E-state index in [1.807, 2.05) is 0 Å². The van der Waals surface area contributed by atoms with Gasteiger partial charge in [-0.2, -0.15) is 0 Å². The molecule has 0 atom stereocenters. The molecule has 28 heavy (non-hydrogen) atoms. The summed E-state index contributed by atoms with van der Waals surface area (Å²) in [6, 6.07) is 15.0. The molecular formula is C21H13BrN2O4. The molecule has 1 aliphatic carbocycles. The Balaban J connectivity index is 1.93. The molecule has 0 fully saturated rings. The Kier molecular flexibility index (Phi) is 4.24. The number of phenolic OH excluding ortho intramolecular Hbond substituents is 1. The number of phenols is 1. The van der Waals surface area contributed by atoms with Crippen molar-refractivity contribution in [1.29, 1.82) is 0 Å². The van der Waals surface area contributed by atoms with Gasteiger partial charge in [-0.25, -0.2) is 4.79 Å². The number of nitrogens with zero attached hydrogens (tertiary/aromatic N) is 1. The van der Waals surface area contributed by atoms with Crippen LogP contribution in [0.15, 0.2) is 65.1 Å². The lowest BCUT2D eigenvalue weighted by Gasteiger charge is -2.25. The van der Waals surface area contributed by atoms with Crippen LogP contribution in [0.25, 0.3) is 0 Å². The van der Waals surface area contributed by atoms with Crippen molar-refractivity contribution >= 4 is 44.9 Å². The Labute approximate surface area is 168 Å². The van der Waals surface area contributed by atoms with Crippen LogP contribution in [0.1, 0.15) is 31.8 Å². The third kappa shape index (κ3) is 2.68. The van der Waals surface area contributed by atoms with Crippen molar-refractivity contribution in [3.05, 3.63) is 87.4 Å². The Morgan fingerprint density at radius 2 is 1.36 bits per heavy atom. The second kappa shape index (κ2) is 6.61. The van der Waals surface area contributed by atoms with Crippen LogP contribution >= 0.6 is 15.9 Å². The molecule has 3 aromatic carbocycles. The zero-order valence-corrected chi connectivity index (χ0v) is 15.9. The lowest BCUT2D eigenvalue weighted by atomic mass is 9.83. The van der Waals surface area contributed by atoms with Crippen LogP contribution in [0.3, 0.4) is 0 Å². The van der Waals surface area contributed by atoms with Gasteiger partial charge in [0.05, 0.1) is 11.4 Å². The van der Waals surface area contributed by atoms with Crippen LogP contribution in [0.2, 0.25) is 0 Å². The van der Waals surface area contributed by atoms with Gasteiger partial charge in [0.15, 0.2) is 11.6 Å². The molecule has 3 aromatic rings. The highest BCUT2D eigenvalue weighted by atomic mass is 79.9. The van der Waals surface area contributed by atoms with Crippen molar-refractivity contribution in [3.63, 3.8) is 0 Å². The van der Waals surface area contributed by atoms with Crippen LogP contribution < -0.4 is 10.6 Å². The topological polar surface area (TPSA) is 101 Å². The van der Waals surface area contributed by atoms with Crippen LogP contribution in [0.4, 0.5) is 16.2 Å². The number of ketones is 2. The number of carbonyl (C=O) groups excluding carboxylic acids is 3. The SMILES string of the molecule is NC(=O)N(c1cc2c(cc1O)C(=O)c1ccccc1C2=O)c1ccccc1Br. The molecule has 6 nitrogen and oxygen atoms in total. The number of urea groups is 1. The molecule has 138 valence electrons. The van der Waals surface area contributed by atoms with Gasteiger partial charge in [-0.05, 0) is 40.2 Å². The van der Waals surface area contributed by atoms with Crippen LogP contribution in [0.5, 0.6) is 5.75 Å². The highest BCUT2D eigenvalue weighted by Gasteiger charge is 2.32. The number of para-hydroxylation sites is 1. The summed E-state index contributed by atoms with van der Waals surface area (Å²) in [4.78, 5) is 39.0. The largest absolute Gasteiger partial charge is 0.506 e. The molecule has 3 N–H and O–H groups in total. The Morgan fingerprint density at radius 1 is 0.821 bits per heavy atom. The van der Waals surface area contributed by atoms with Gasteiger partial charge in [0, 0.05) is 26.7 Å². The third-order valence-corrected chi connectivity index (χ3v) is 5.25. The normalized spacial score (nSPS) is 12.3. The van der Waals surface area contributed by atoms with E-state index < -0.39 is 6.03 Å². The van der Waals surface area contributed by atoms with Crippen molar-refractivity contribution in [2.45, 2.75) is 0 Å². The fourth-order valence-electron chi connectivity index (χ4n) is 3.30. The number of anilines is 2. The summed E-state index contributed by atoms with van der Waals surface area (Å²) in [6.45, 7) is 0. The van der Waals surface area contributed by atoms with Crippen LogP contribution in [-0.4, -0.2) is 22.7 Å². The lowest BCUT2D eigenvalue weighted by molar-refractivity contribution is 0.0979. The molecule has 0 radical (unpaired) electrons. The van der Waals surface area contributed by atoms with Gasteiger partial charge in [0.25, 0.3) is 0 Å². The molecule has 0 bridgehead atoms. The standard InChI is InChI=1S/C21H13BrN2O4/c22-15-7-3-4-8-16(15)24(21(23)28)17-9-13-14(10-18(17)25)20(27)12-6-2-1-5-11(12)19(13)26/h1-10,25H,(H2,23,28). The first kappa shape index (κ1) is 17.9. The van der Waals surface area contributed by atoms with Crippen molar-refractivity contribution in [2.24, 2.45) is 5.73 Å². The Morgan fingerprint density at radius 3 is 1.93 bits per heavy atom. The summed E-state index contributed by atoms with van der Waals surface area (Å²) in [5.41, 5.74) is 6.71. The first-order valence-electron chi connectivity index (χ1n) is 8.29. The molecule has 7 heteroatoms. The number of fused-ring (bicyclic) bond motifs is 2. The highest BCUT2D eigenvalue weighted by molar-refractivity contribution is 9.10. The third-order valence-electron chi connectivity index (χ3n) is 4.57. The average Bonchev–Trinajstić information content (AvgIpc) is 2.68. The summed E-state index contributed by atoms with van der Waals surface area (Å²) in [7, 11) is 0. The molecule has 1 aliphatic rings. The summed E-state index contributed by atoms with van der Waals surface area (Å²) < 4.78 is 0.568. The van der Waals surface area contributed by atoms with E-state index in [2.05, 4.69) is 15.9 Å². The molecule has 0 saturated heterocycles. The van der Waals surface area contributed by atoms with Crippen molar-refractivity contribution in [1.82, 2.24) is 0 Å². The maximum atomic E-state index is 12.9. The minimum Gasteiger partial charge on any atom is -0.506 e. The monoisotopic (exact) mass is 436 g/mol. The van der Waals surface area contributed by atoms with Gasteiger partial charge < -0.3 is 10.8 Å². The maximum absolute atomic E-state index is 12.9. The first-order chi connectivity index (χ1) is 13.4. The van der Waals surface area contributed by atoms with E-state index in [9.17, 15) is 19.5 Å². The van der Waals surface area contributed by atoms with E-state index in [4.69, 9.17) is 5.73 Å². The molecule has 0 aromatic heterocycles. The number of benzene rings is 3. The van der Waals surface area contributed by atoms with Crippen LogP contribution in [-0.2, 0) is 0 Å². The average molecular weight is 437 g/mol. The maximum Gasteiger partial charge on any atom is 0.324 e. The number of hydrogen-bond acceptors (Lipinski definition) is 4. The highest BCUT2D eigenvalue weighted by Crippen LogP contribution is 2.40. The molecule has 0 unspecified atom stereocenters. The quantitative estimate of drug-likeness (QED) is 0.492. The molecule has 0 aliphatic heterocycles. The van der Waals surface area contributed by atoms with Gasteiger partial charge in [-0.3, -0.25) is 14.5 Å². The molecule has 0 saturated carbocycles. The lowest BCUT2D eigenvalue weighted by Crippen LogP contribution is -2.32. The second-order valence-electron chi connectivity index (χ2n) is 6.22. The predicted octanol–water partition coefficient (Wildman–Crippen LogP) is 4.15. The second-order valence-corrected chi connectivity index (χ2v) is 7.07. The van der Waals surface area contributed by atoms with Gasteiger partial charge >= 0.3 is 6.03 Å². The summed E-state index contributed by atoms with van der Waals surface area (Å²) >= 11 is 3.35. The first-order valence-corrected chi connectivity index (χ1v) is 9.09. The van der Waals surface area contributed by atoms with Crippen molar-refractivity contribution in [2.75, 3.05) is 4.90 Å². The van der Waals surface area contributed by atoms with Gasteiger partial charge in [0.1, 0.15) is 5.75 Å². The van der Waals surface area contributed by atoms with Gasteiger partial charge in [-0.1, -0.05) is 36.4 Å². The Bertz CT molecular complexity index is 1170. The fraction of sp³-hybridized carbons (Fsp3) is 0. The van der Waals surface area contributed by atoms with Crippen molar-refractivity contribution < 1.29 is 19.5 Å². The zero-order chi connectivity index (χ0) is 20.0. The number of aromatic hydroxyl groups is 1. The number of amides is 2. The van der Waals surface area contributed by atoms with E-state index in [0.29, 0.717) is 10.2 Å².